The predicted molar refractivity (Wildman–Crippen MR) is 42.0 cm³/mol. The third kappa shape index (κ3) is 1.69. The number of rotatable bonds is 1. The lowest BCUT2D eigenvalue weighted by Crippen LogP contribution is -2.08. The summed E-state index contributed by atoms with van der Waals surface area (Å²) in [5.74, 6) is 0.0417. The van der Waals surface area contributed by atoms with Crippen LogP contribution in [0.2, 0.25) is 0 Å². The van der Waals surface area contributed by atoms with E-state index in [4.69, 9.17) is 10.8 Å². The standard InChI is InChI=1S/C8H11NO2/c1-5-2-3-6(8(9)11)7(10)4-5/h2-4,8,10-11H,9H2,1H3. The van der Waals surface area contributed by atoms with Gasteiger partial charge >= 0.3 is 0 Å². The summed E-state index contributed by atoms with van der Waals surface area (Å²) in [6.07, 6.45) is -1.10. The predicted octanol–water partition coefficient (Wildman–Crippen LogP) is 0.650. The molecule has 4 N–H and O–H groups in total. The maximum Gasteiger partial charge on any atom is 0.132 e. The maximum atomic E-state index is 9.22. The second kappa shape index (κ2) is 2.90. The fourth-order valence-corrected chi connectivity index (χ4v) is 0.904. The normalized spacial score (nSPS) is 13.0. The molecular formula is C8H11NO2. The molecule has 0 radical (unpaired) electrons. The highest BCUT2D eigenvalue weighted by molar-refractivity contribution is 5.36. The molecule has 1 atom stereocenters. The summed E-state index contributed by atoms with van der Waals surface area (Å²) in [5.41, 5.74) is 6.45. The average molecular weight is 153 g/mol. The summed E-state index contributed by atoms with van der Waals surface area (Å²) < 4.78 is 0. The molecule has 0 heterocycles. The minimum Gasteiger partial charge on any atom is -0.508 e. The van der Waals surface area contributed by atoms with E-state index < -0.39 is 6.23 Å². The van der Waals surface area contributed by atoms with E-state index in [1.807, 2.05) is 6.92 Å². The van der Waals surface area contributed by atoms with Crippen molar-refractivity contribution in [2.24, 2.45) is 5.73 Å². The molecule has 0 saturated heterocycles. The highest BCUT2D eigenvalue weighted by Gasteiger charge is 2.05. The lowest BCUT2D eigenvalue weighted by atomic mass is 10.1. The molecule has 0 aliphatic carbocycles. The fraction of sp³-hybridized carbons (Fsp3) is 0.250. The van der Waals surface area contributed by atoms with Crippen LogP contribution < -0.4 is 5.73 Å². The number of aryl methyl sites for hydroxylation is 1. The van der Waals surface area contributed by atoms with Gasteiger partial charge in [-0.1, -0.05) is 12.1 Å². The molecule has 0 bridgehead atoms. The van der Waals surface area contributed by atoms with Crippen molar-refractivity contribution in [3.8, 4) is 5.75 Å². The van der Waals surface area contributed by atoms with Gasteiger partial charge in [-0.25, -0.2) is 0 Å². The first-order chi connectivity index (χ1) is 5.11. The molecule has 1 aromatic rings. The van der Waals surface area contributed by atoms with Crippen molar-refractivity contribution in [2.45, 2.75) is 13.2 Å². The molecular weight excluding hydrogens is 142 g/mol. The summed E-state index contributed by atoms with van der Waals surface area (Å²) in [4.78, 5) is 0. The van der Waals surface area contributed by atoms with E-state index in [0.29, 0.717) is 5.56 Å². The SMILES string of the molecule is Cc1ccc(C(N)O)c(O)c1. The van der Waals surface area contributed by atoms with Gasteiger partial charge in [0.1, 0.15) is 12.0 Å². The van der Waals surface area contributed by atoms with Gasteiger partial charge in [-0.3, -0.25) is 0 Å². The molecule has 0 fully saturated rings. The second-order valence-electron chi connectivity index (χ2n) is 2.51. The van der Waals surface area contributed by atoms with Crippen LogP contribution in [0.1, 0.15) is 17.4 Å². The Balaban J connectivity index is 3.09. The molecule has 0 saturated carbocycles. The van der Waals surface area contributed by atoms with Gasteiger partial charge in [0.25, 0.3) is 0 Å². The second-order valence-corrected chi connectivity index (χ2v) is 2.51. The number of aliphatic hydroxyl groups is 1. The summed E-state index contributed by atoms with van der Waals surface area (Å²) in [5, 5.41) is 18.1. The zero-order chi connectivity index (χ0) is 8.43. The molecule has 3 nitrogen and oxygen atoms in total. The molecule has 0 spiro atoms. The molecule has 0 aromatic heterocycles. The van der Waals surface area contributed by atoms with E-state index in [9.17, 15) is 5.11 Å². The van der Waals surface area contributed by atoms with Gasteiger partial charge in [0.05, 0.1) is 0 Å². The highest BCUT2D eigenvalue weighted by Crippen LogP contribution is 2.21. The Morgan fingerprint density at radius 2 is 2.09 bits per heavy atom. The van der Waals surface area contributed by atoms with Crippen LogP contribution in [0.3, 0.4) is 0 Å². The Hall–Kier alpha value is -1.06. The molecule has 0 aliphatic rings. The van der Waals surface area contributed by atoms with Gasteiger partial charge in [-0.2, -0.15) is 0 Å². The van der Waals surface area contributed by atoms with Crippen molar-refractivity contribution in [3.05, 3.63) is 29.3 Å². The summed E-state index contributed by atoms with van der Waals surface area (Å²) in [6.45, 7) is 1.85. The Labute approximate surface area is 65.1 Å². The first-order valence-corrected chi connectivity index (χ1v) is 3.34. The number of aromatic hydroxyl groups is 1. The van der Waals surface area contributed by atoms with Crippen LogP contribution in [-0.2, 0) is 0 Å². The fourth-order valence-electron chi connectivity index (χ4n) is 0.904. The molecule has 1 unspecified atom stereocenters. The third-order valence-corrected chi connectivity index (χ3v) is 1.50. The lowest BCUT2D eigenvalue weighted by molar-refractivity contribution is 0.182. The number of hydrogen-bond donors (Lipinski definition) is 3. The van der Waals surface area contributed by atoms with E-state index >= 15 is 0 Å². The summed E-state index contributed by atoms with van der Waals surface area (Å²) >= 11 is 0. The number of phenols is 1. The minimum atomic E-state index is -1.10. The number of hydrogen-bond acceptors (Lipinski definition) is 3. The Bertz CT molecular complexity index is 258. The van der Waals surface area contributed by atoms with E-state index in [2.05, 4.69) is 0 Å². The summed E-state index contributed by atoms with van der Waals surface area (Å²) in [7, 11) is 0. The summed E-state index contributed by atoms with van der Waals surface area (Å²) in [6, 6.07) is 4.95. The van der Waals surface area contributed by atoms with Crippen LogP contribution in [-0.4, -0.2) is 10.2 Å². The number of benzene rings is 1. The molecule has 3 heteroatoms. The lowest BCUT2D eigenvalue weighted by Gasteiger charge is -2.06. The minimum absolute atomic E-state index is 0.0417. The van der Waals surface area contributed by atoms with E-state index in [0.717, 1.165) is 5.56 Å². The first-order valence-electron chi connectivity index (χ1n) is 3.34. The number of nitrogens with two attached hydrogens (primary N) is 1. The quantitative estimate of drug-likeness (QED) is 0.519. The average Bonchev–Trinajstić information content (AvgIpc) is 1.85. The van der Waals surface area contributed by atoms with Crippen LogP contribution in [0, 0.1) is 6.92 Å². The monoisotopic (exact) mass is 153 g/mol. The van der Waals surface area contributed by atoms with E-state index in [1.54, 1.807) is 18.2 Å². The van der Waals surface area contributed by atoms with Gasteiger partial charge < -0.3 is 15.9 Å². The smallest absolute Gasteiger partial charge is 0.132 e. The zero-order valence-electron chi connectivity index (χ0n) is 6.28. The van der Waals surface area contributed by atoms with Gasteiger partial charge in [-0.05, 0) is 18.6 Å². The van der Waals surface area contributed by atoms with E-state index in [-0.39, 0.29) is 5.75 Å². The van der Waals surface area contributed by atoms with Gasteiger partial charge in [0, 0.05) is 5.56 Å². The van der Waals surface area contributed by atoms with Crippen molar-refractivity contribution in [3.63, 3.8) is 0 Å². The van der Waals surface area contributed by atoms with Crippen LogP contribution in [0.15, 0.2) is 18.2 Å². The van der Waals surface area contributed by atoms with Crippen LogP contribution >= 0.6 is 0 Å². The first kappa shape index (κ1) is 8.04. The molecule has 60 valence electrons. The van der Waals surface area contributed by atoms with Crippen LogP contribution in [0.4, 0.5) is 0 Å². The maximum absolute atomic E-state index is 9.22. The van der Waals surface area contributed by atoms with Crippen LogP contribution in [0.5, 0.6) is 5.75 Å². The largest absolute Gasteiger partial charge is 0.508 e. The topological polar surface area (TPSA) is 66.5 Å². The zero-order valence-corrected chi connectivity index (χ0v) is 6.28. The Kier molecular flexibility index (Phi) is 2.12. The van der Waals surface area contributed by atoms with Crippen LogP contribution in [0.25, 0.3) is 0 Å². The highest BCUT2D eigenvalue weighted by atomic mass is 16.3. The molecule has 0 amide bonds. The van der Waals surface area contributed by atoms with E-state index in [1.165, 1.54) is 0 Å². The van der Waals surface area contributed by atoms with Crippen molar-refractivity contribution < 1.29 is 10.2 Å². The number of aliphatic hydroxyl groups excluding tert-OH is 1. The third-order valence-electron chi connectivity index (χ3n) is 1.50. The van der Waals surface area contributed by atoms with Crippen molar-refractivity contribution in [1.82, 2.24) is 0 Å². The van der Waals surface area contributed by atoms with Crippen molar-refractivity contribution in [2.75, 3.05) is 0 Å². The number of phenolic OH excluding ortho intramolecular Hbond substituents is 1. The Morgan fingerprint density at radius 3 is 2.55 bits per heavy atom. The van der Waals surface area contributed by atoms with Gasteiger partial charge in [0.15, 0.2) is 0 Å². The molecule has 11 heavy (non-hydrogen) atoms. The molecule has 0 aliphatic heterocycles. The van der Waals surface area contributed by atoms with Gasteiger partial charge in [-0.15, -0.1) is 0 Å². The molecule has 1 aromatic carbocycles. The van der Waals surface area contributed by atoms with Gasteiger partial charge in [0.2, 0.25) is 0 Å². The molecule has 1 rings (SSSR count). The van der Waals surface area contributed by atoms with Crippen molar-refractivity contribution >= 4 is 0 Å². The van der Waals surface area contributed by atoms with Crippen molar-refractivity contribution in [1.29, 1.82) is 0 Å². The Morgan fingerprint density at radius 1 is 1.45 bits per heavy atom.